The number of rotatable bonds is 0. The maximum absolute atomic E-state index is 13.6. The molecule has 2 heterocycles. The van der Waals surface area contributed by atoms with Crippen LogP contribution < -0.4 is 5.56 Å². The molecule has 0 saturated carbocycles. The van der Waals surface area contributed by atoms with Crippen molar-refractivity contribution in [3.05, 3.63) is 46.0 Å². The van der Waals surface area contributed by atoms with Crippen molar-refractivity contribution in [3.8, 4) is 0 Å². The number of pyridine rings is 1. The summed E-state index contributed by atoms with van der Waals surface area (Å²) in [6.45, 7) is 0.339. The van der Waals surface area contributed by atoms with Crippen LogP contribution in [-0.4, -0.2) is 10.4 Å². The van der Waals surface area contributed by atoms with Gasteiger partial charge in [-0.05, 0) is 23.6 Å². The third-order valence-corrected chi connectivity index (χ3v) is 2.94. The fourth-order valence-corrected chi connectivity index (χ4v) is 2.19. The molecule has 2 aromatic rings. The Labute approximate surface area is 90.1 Å². The fourth-order valence-electron chi connectivity index (χ4n) is 2.19. The molecule has 0 spiro atoms. The average Bonchev–Trinajstić information content (AvgIpc) is 2.27. The lowest BCUT2D eigenvalue weighted by molar-refractivity contribution is 0.0968. The Hall–Kier alpha value is -1.97. The van der Waals surface area contributed by atoms with Crippen LogP contribution in [0.5, 0.6) is 0 Å². The number of aryl methyl sites for hydroxylation is 1. The van der Waals surface area contributed by atoms with Crippen molar-refractivity contribution in [1.29, 1.82) is 0 Å². The summed E-state index contributed by atoms with van der Waals surface area (Å²) in [5.41, 5.74) is 0.303. The highest BCUT2D eigenvalue weighted by atomic mass is 19.1. The van der Waals surface area contributed by atoms with Gasteiger partial charge in [0, 0.05) is 19.0 Å². The summed E-state index contributed by atoms with van der Waals surface area (Å²) < 4.78 is 15.0. The Morgan fingerprint density at radius 3 is 2.69 bits per heavy atom. The summed E-state index contributed by atoms with van der Waals surface area (Å²) in [6, 6.07) is 5.92. The molecule has 3 nitrogen and oxygen atoms in total. The molecule has 0 atom stereocenters. The maximum Gasteiger partial charge on any atom is 0.251 e. The maximum atomic E-state index is 13.6. The number of Topliss-reactive ketones (excluding diaryl/α,β-unsaturated/α-hetero) is 1. The Morgan fingerprint density at radius 1 is 1.12 bits per heavy atom. The second-order valence-electron chi connectivity index (χ2n) is 3.86. The van der Waals surface area contributed by atoms with Crippen molar-refractivity contribution in [2.24, 2.45) is 0 Å². The zero-order valence-electron chi connectivity index (χ0n) is 8.37. The van der Waals surface area contributed by atoms with Gasteiger partial charge in [-0.25, -0.2) is 4.39 Å². The molecule has 0 N–H and O–H groups in total. The number of halogens is 1. The van der Waals surface area contributed by atoms with Crippen molar-refractivity contribution in [2.75, 3.05) is 0 Å². The van der Waals surface area contributed by atoms with Crippen LogP contribution in [0.25, 0.3) is 10.9 Å². The summed E-state index contributed by atoms with van der Waals surface area (Å²) in [4.78, 5) is 23.2. The van der Waals surface area contributed by atoms with Crippen molar-refractivity contribution < 1.29 is 9.18 Å². The molecule has 0 radical (unpaired) electrons. The smallest absolute Gasteiger partial charge is 0.251 e. The summed E-state index contributed by atoms with van der Waals surface area (Å²) in [6.07, 6.45) is 0.187. The van der Waals surface area contributed by atoms with Gasteiger partial charge >= 0.3 is 0 Å². The zero-order valence-corrected chi connectivity index (χ0v) is 8.37. The number of ketones is 1. The Bertz CT molecular complexity index is 673. The van der Waals surface area contributed by atoms with E-state index in [4.69, 9.17) is 0 Å². The minimum atomic E-state index is -0.545. The van der Waals surface area contributed by atoms with Gasteiger partial charge in [0.15, 0.2) is 5.78 Å². The summed E-state index contributed by atoms with van der Waals surface area (Å²) in [5.74, 6) is -0.773. The van der Waals surface area contributed by atoms with E-state index < -0.39 is 5.82 Å². The number of carbonyl (C=O) groups is 1. The van der Waals surface area contributed by atoms with Crippen LogP contribution in [0.3, 0.4) is 0 Å². The van der Waals surface area contributed by atoms with Gasteiger partial charge in [0.25, 0.3) is 5.56 Å². The van der Waals surface area contributed by atoms with Gasteiger partial charge in [-0.2, -0.15) is 0 Å². The van der Waals surface area contributed by atoms with Gasteiger partial charge in [0.1, 0.15) is 5.82 Å². The molecule has 1 aromatic carbocycles. The number of hydrogen-bond donors (Lipinski definition) is 0. The quantitative estimate of drug-likeness (QED) is 0.674. The van der Waals surface area contributed by atoms with Crippen molar-refractivity contribution in [1.82, 2.24) is 4.57 Å². The highest BCUT2D eigenvalue weighted by Crippen LogP contribution is 2.25. The van der Waals surface area contributed by atoms with E-state index >= 15 is 0 Å². The molecule has 3 rings (SSSR count). The molecule has 0 saturated heterocycles. The Balaban J connectivity index is 2.61. The second-order valence-corrected chi connectivity index (χ2v) is 3.86. The monoisotopic (exact) mass is 217 g/mol. The molecule has 1 aliphatic rings. The molecule has 0 unspecified atom stereocenters. The number of nitrogens with zero attached hydrogens (tertiary/aromatic N) is 1. The van der Waals surface area contributed by atoms with E-state index in [1.54, 1.807) is 12.1 Å². The van der Waals surface area contributed by atoms with Gasteiger partial charge in [0.2, 0.25) is 0 Å². The summed E-state index contributed by atoms with van der Waals surface area (Å²) >= 11 is 0. The van der Waals surface area contributed by atoms with Crippen LogP contribution in [0.4, 0.5) is 4.39 Å². The third-order valence-electron chi connectivity index (χ3n) is 2.94. The van der Waals surface area contributed by atoms with Gasteiger partial charge in [0.05, 0.1) is 11.1 Å². The summed E-state index contributed by atoms with van der Waals surface area (Å²) in [5, 5.41) is 0.726. The first kappa shape index (κ1) is 9.27. The molecule has 80 valence electrons. The minimum Gasteiger partial charge on any atom is -0.307 e. The van der Waals surface area contributed by atoms with E-state index in [1.807, 2.05) is 0 Å². The first-order valence-electron chi connectivity index (χ1n) is 5.04. The minimum absolute atomic E-state index is 0.0569. The standard InChI is InChI=1S/C12H8FNO2/c13-8-3-1-7-2-4-10(16)14-6-5-9(15)11(8)12(7)14/h1-4H,5-6H2. The highest BCUT2D eigenvalue weighted by Gasteiger charge is 2.23. The Morgan fingerprint density at radius 2 is 1.88 bits per heavy atom. The van der Waals surface area contributed by atoms with E-state index in [-0.39, 0.29) is 23.3 Å². The average molecular weight is 217 g/mol. The van der Waals surface area contributed by atoms with Gasteiger partial charge in [-0.3, -0.25) is 9.59 Å². The molecule has 0 aliphatic carbocycles. The Kier molecular flexibility index (Phi) is 1.74. The van der Waals surface area contributed by atoms with Gasteiger partial charge in [-0.1, -0.05) is 0 Å². The number of carbonyl (C=O) groups excluding carboxylic acids is 1. The topological polar surface area (TPSA) is 39.1 Å². The largest absolute Gasteiger partial charge is 0.307 e. The van der Waals surface area contributed by atoms with Crippen LogP contribution in [0.15, 0.2) is 29.1 Å². The third kappa shape index (κ3) is 1.07. The van der Waals surface area contributed by atoms with Crippen LogP contribution in [-0.2, 0) is 6.54 Å². The van der Waals surface area contributed by atoms with Gasteiger partial charge < -0.3 is 4.57 Å². The normalized spacial score (nSPS) is 14.4. The van der Waals surface area contributed by atoms with E-state index in [2.05, 4.69) is 0 Å². The first-order valence-corrected chi connectivity index (χ1v) is 5.04. The molecular formula is C12H8FNO2. The molecule has 0 fully saturated rings. The number of aromatic nitrogens is 1. The molecule has 0 amide bonds. The molecule has 0 bridgehead atoms. The van der Waals surface area contributed by atoms with Crippen LogP contribution in [0.2, 0.25) is 0 Å². The van der Waals surface area contributed by atoms with Crippen molar-refractivity contribution in [2.45, 2.75) is 13.0 Å². The van der Waals surface area contributed by atoms with Crippen LogP contribution in [0, 0.1) is 5.82 Å². The van der Waals surface area contributed by atoms with E-state index in [1.165, 1.54) is 16.7 Å². The zero-order chi connectivity index (χ0) is 11.3. The number of hydrogen-bond acceptors (Lipinski definition) is 2. The molecule has 1 aromatic heterocycles. The van der Waals surface area contributed by atoms with Crippen molar-refractivity contribution in [3.63, 3.8) is 0 Å². The predicted octanol–water partition coefficient (Wildman–Crippen LogP) is 1.73. The van der Waals surface area contributed by atoms with E-state index in [0.717, 1.165) is 5.39 Å². The molecule has 1 aliphatic heterocycles. The lowest BCUT2D eigenvalue weighted by Crippen LogP contribution is -2.27. The molecule has 16 heavy (non-hydrogen) atoms. The van der Waals surface area contributed by atoms with E-state index in [9.17, 15) is 14.0 Å². The van der Waals surface area contributed by atoms with Crippen LogP contribution in [0.1, 0.15) is 16.8 Å². The fraction of sp³-hybridized carbons (Fsp3) is 0.167. The summed E-state index contributed by atoms with van der Waals surface area (Å²) in [7, 11) is 0. The predicted molar refractivity (Wildman–Crippen MR) is 57.1 cm³/mol. The molecular weight excluding hydrogens is 209 g/mol. The van der Waals surface area contributed by atoms with Crippen molar-refractivity contribution >= 4 is 16.7 Å². The first-order chi connectivity index (χ1) is 7.68. The number of benzene rings is 1. The van der Waals surface area contributed by atoms with Gasteiger partial charge in [-0.15, -0.1) is 0 Å². The lowest BCUT2D eigenvalue weighted by Gasteiger charge is -2.18. The van der Waals surface area contributed by atoms with Crippen LogP contribution >= 0.6 is 0 Å². The molecule has 4 heteroatoms. The van der Waals surface area contributed by atoms with E-state index in [0.29, 0.717) is 12.1 Å². The highest BCUT2D eigenvalue weighted by molar-refractivity contribution is 6.08. The second kappa shape index (κ2) is 3.01. The lowest BCUT2D eigenvalue weighted by atomic mass is 9.99. The SMILES string of the molecule is O=C1CCn2c(=O)ccc3ccc(F)c1c32.